The highest BCUT2D eigenvalue weighted by molar-refractivity contribution is 9.10. The first-order chi connectivity index (χ1) is 9.58. The Labute approximate surface area is 127 Å². The Morgan fingerprint density at radius 1 is 1.20 bits per heavy atom. The highest BCUT2D eigenvalue weighted by Gasteiger charge is 2.06. The number of halogens is 1. The quantitative estimate of drug-likeness (QED) is 0.875. The molecule has 1 aromatic carbocycles. The van der Waals surface area contributed by atoms with Gasteiger partial charge < -0.3 is 10.1 Å². The summed E-state index contributed by atoms with van der Waals surface area (Å²) in [5.41, 5.74) is 1.05. The fraction of sp³-hybridized carbons (Fsp3) is 0.333. The topological polar surface area (TPSA) is 47.0 Å². The van der Waals surface area contributed by atoms with Crippen LogP contribution in [0.1, 0.15) is 24.7 Å². The predicted octanol–water partition coefficient (Wildman–Crippen LogP) is 4.47. The number of ether oxygens (including phenoxy) is 1. The van der Waals surface area contributed by atoms with Crippen LogP contribution in [0.15, 0.2) is 28.7 Å². The minimum Gasteiger partial charge on any atom is -0.439 e. The molecule has 0 amide bonds. The van der Waals surface area contributed by atoms with Gasteiger partial charge >= 0.3 is 0 Å². The summed E-state index contributed by atoms with van der Waals surface area (Å²) < 4.78 is 6.89. The summed E-state index contributed by atoms with van der Waals surface area (Å²) in [5.74, 6) is 2.84. The minimum atomic E-state index is 0.557. The Morgan fingerprint density at radius 2 is 2.00 bits per heavy atom. The third kappa shape index (κ3) is 3.93. The fourth-order valence-corrected chi connectivity index (χ4v) is 2.25. The van der Waals surface area contributed by atoms with Crippen LogP contribution in [0.25, 0.3) is 0 Å². The number of aryl methyl sites for hydroxylation is 2. The van der Waals surface area contributed by atoms with Crippen molar-refractivity contribution >= 4 is 21.7 Å². The summed E-state index contributed by atoms with van der Waals surface area (Å²) in [6, 6.07) is 7.71. The monoisotopic (exact) mass is 335 g/mol. The van der Waals surface area contributed by atoms with Gasteiger partial charge in [0.25, 0.3) is 0 Å². The third-order valence-corrected chi connectivity index (χ3v) is 3.22. The van der Waals surface area contributed by atoms with E-state index in [1.165, 1.54) is 0 Å². The normalized spacial score (nSPS) is 10.4. The van der Waals surface area contributed by atoms with Crippen LogP contribution in [0.2, 0.25) is 0 Å². The van der Waals surface area contributed by atoms with Crippen molar-refractivity contribution in [2.45, 2.75) is 27.2 Å². The second-order valence-corrected chi connectivity index (χ2v) is 5.49. The van der Waals surface area contributed by atoms with Crippen LogP contribution < -0.4 is 10.1 Å². The first-order valence-corrected chi connectivity index (χ1v) is 7.41. The molecule has 1 heterocycles. The zero-order valence-corrected chi connectivity index (χ0v) is 13.5. The largest absolute Gasteiger partial charge is 0.439 e. The Hall–Kier alpha value is -1.62. The number of anilines is 1. The molecule has 0 aliphatic rings. The molecule has 106 valence electrons. The Morgan fingerprint density at radius 3 is 2.70 bits per heavy atom. The van der Waals surface area contributed by atoms with Crippen molar-refractivity contribution in [2.24, 2.45) is 0 Å². The molecule has 0 saturated carbocycles. The average molecular weight is 336 g/mol. The van der Waals surface area contributed by atoms with E-state index in [-0.39, 0.29) is 0 Å². The molecule has 20 heavy (non-hydrogen) atoms. The van der Waals surface area contributed by atoms with Gasteiger partial charge in [-0.05, 0) is 44.0 Å². The van der Waals surface area contributed by atoms with Crippen LogP contribution in [0.5, 0.6) is 11.6 Å². The molecule has 0 saturated heterocycles. The molecule has 0 fully saturated rings. The molecule has 0 radical (unpaired) electrons. The van der Waals surface area contributed by atoms with Gasteiger partial charge in [0.1, 0.15) is 17.4 Å². The van der Waals surface area contributed by atoms with Crippen LogP contribution in [0.4, 0.5) is 5.82 Å². The van der Waals surface area contributed by atoms with Crippen LogP contribution in [0, 0.1) is 13.8 Å². The second-order valence-electron chi connectivity index (χ2n) is 4.58. The maximum Gasteiger partial charge on any atom is 0.224 e. The van der Waals surface area contributed by atoms with Crippen molar-refractivity contribution in [3.8, 4) is 11.6 Å². The molecule has 0 unspecified atom stereocenters. The molecule has 1 N–H and O–H groups in total. The molecule has 2 rings (SSSR count). The van der Waals surface area contributed by atoms with Gasteiger partial charge in [-0.1, -0.05) is 22.9 Å². The first kappa shape index (κ1) is 14.8. The van der Waals surface area contributed by atoms with E-state index < -0.39 is 0 Å². The smallest absolute Gasteiger partial charge is 0.224 e. The zero-order valence-electron chi connectivity index (χ0n) is 11.9. The van der Waals surface area contributed by atoms with Gasteiger partial charge in [-0.2, -0.15) is 4.98 Å². The maximum atomic E-state index is 5.85. The number of rotatable bonds is 5. The van der Waals surface area contributed by atoms with E-state index in [4.69, 9.17) is 4.74 Å². The SMILES string of the molecule is CCCNc1cc(Oc2ccc(Br)cc2C)nc(C)n1. The lowest BCUT2D eigenvalue weighted by molar-refractivity contribution is 0.456. The summed E-state index contributed by atoms with van der Waals surface area (Å²) in [6.45, 7) is 6.86. The van der Waals surface area contributed by atoms with E-state index in [1.807, 2.05) is 38.1 Å². The van der Waals surface area contributed by atoms with Crippen molar-refractivity contribution in [1.29, 1.82) is 0 Å². The molecule has 0 aliphatic carbocycles. The molecule has 0 aliphatic heterocycles. The van der Waals surface area contributed by atoms with Crippen LogP contribution in [-0.2, 0) is 0 Å². The first-order valence-electron chi connectivity index (χ1n) is 6.62. The van der Waals surface area contributed by atoms with E-state index >= 15 is 0 Å². The lowest BCUT2D eigenvalue weighted by atomic mass is 10.2. The van der Waals surface area contributed by atoms with E-state index in [1.54, 1.807) is 0 Å². The molecule has 2 aromatic rings. The number of hydrogen-bond donors (Lipinski definition) is 1. The molecule has 1 aromatic heterocycles. The van der Waals surface area contributed by atoms with Gasteiger partial charge in [0.2, 0.25) is 5.88 Å². The number of nitrogens with zero attached hydrogens (tertiary/aromatic N) is 2. The number of benzene rings is 1. The highest BCUT2D eigenvalue weighted by Crippen LogP contribution is 2.27. The molecule has 4 nitrogen and oxygen atoms in total. The summed E-state index contributed by atoms with van der Waals surface area (Å²) in [7, 11) is 0. The maximum absolute atomic E-state index is 5.85. The van der Waals surface area contributed by atoms with Gasteiger partial charge in [-0.3, -0.25) is 0 Å². The molecular weight excluding hydrogens is 318 g/mol. The summed E-state index contributed by atoms with van der Waals surface area (Å²) >= 11 is 3.44. The van der Waals surface area contributed by atoms with Crippen LogP contribution >= 0.6 is 15.9 Å². The van der Waals surface area contributed by atoms with Gasteiger partial charge in [0.15, 0.2) is 0 Å². The fourth-order valence-electron chi connectivity index (χ4n) is 1.78. The molecule has 5 heteroatoms. The average Bonchev–Trinajstić information content (AvgIpc) is 2.39. The van der Waals surface area contributed by atoms with Crippen LogP contribution in [0.3, 0.4) is 0 Å². The van der Waals surface area contributed by atoms with Gasteiger partial charge in [-0.25, -0.2) is 4.98 Å². The number of hydrogen-bond acceptors (Lipinski definition) is 4. The van der Waals surface area contributed by atoms with E-state index in [2.05, 4.69) is 38.1 Å². The van der Waals surface area contributed by atoms with Crippen molar-refractivity contribution in [2.75, 3.05) is 11.9 Å². The molecule has 0 bridgehead atoms. The van der Waals surface area contributed by atoms with E-state index in [0.29, 0.717) is 11.7 Å². The zero-order chi connectivity index (χ0) is 14.5. The number of aromatic nitrogens is 2. The summed E-state index contributed by atoms with van der Waals surface area (Å²) in [6.07, 6.45) is 1.05. The van der Waals surface area contributed by atoms with Gasteiger partial charge in [0.05, 0.1) is 0 Å². The summed E-state index contributed by atoms with van der Waals surface area (Å²) in [5, 5.41) is 3.25. The number of nitrogens with one attached hydrogen (secondary N) is 1. The highest BCUT2D eigenvalue weighted by atomic mass is 79.9. The predicted molar refractivity (Wildman–Crippen MR) is 84.5 cm³/mol. The van der Waals surface area contributed by atoms with Gasteiger partial charge in [0, 0.05) is 17.1 Å². The van der Waals surface area contributed by atoms with Crippen molar-refractivity contribution in [3.05, 3.63) is 40.1 Å². The van der Waals surface area contributed by atoms with Crippen molar-refractivity contribution in [1.82, 2.24) is 9.97 Å². The lowest BCUT2D eigenvalue weighted by Crippen LogP contribution is -2.04. The lowest BCUT2D eigenvalue weighted by Gasteiger charge is -2.10. The Bertz CT molecular complexity index is 602. The third-order valence-electron chi connectivity index (χ3n) is 2.72. The van der Waals surface area contributed by atoms with Crippen LogP contribution in [-0.4, -0.2) is 16.5 Å². The molecule has 0 atom stereocenters. The Balaban J connectivity index is 2.21. The van der Waals surface area contributed by atoms with Crippen molar-refractivity contribution < 1.29 is 4.74 Å². The minimum absolute atomic E-state index is 0.557. The van der Waals surface area contributed by atoms with Crippen molar-refractivity contribution in [3.63, 3.8) is 0 Å². The summed E-state index contributed by atoms with van der Waals surface area (Å²) in [4.78, 5) is 8.66. The molecular formula is C15H18BrN3O. The molecule has 0 spiro atoms. The standard InChI is InChI=1S/C15H18BrN3O/c1-4-7-17-14-9-15(19-11(3)18-14)20-13-6-5-12(16)8-10(13)2/h5-6,8-9H,4,7H2,1-3H3,(H,17,18,19). The van der Waals surface area contributed by atoms with E-state index in [0.717, 1.165) is 34.6 Å². The van der Waals surface area contributed by atoms with Gasteiger partial charge in [-0.15, -0.1) is 0 Å². The second kappa shape index (κ2) is 6.70. The Kier molecular flexibility index (Phi) is 4.95. The van der Waals surface area contributed by atoms with E-state index in [9.17, 15) is 0 Å².